The summed E-state index contributed by atoms with van der Waals surface area (Å²) in [7, 11) is 1.29. The summed E-state index contributed by atoms with van der Waals surface area (Å²) < 4.78 is 16.4. The van der Waals surface area contributed by atoms with Gasteiger partial charge in [0.15, 0.2) is 0 Å². The van der Waals surface area contributed by atoms with Crippen molar-refractivity contribution in [1.82, 2.24) is 15.2 Å². The molecule has 2 aromatic rings. The number of nitrogens with zero attached hydrogens (tertiary/aromatic N) is 2. The Labute approximate surface area is 198 Å². The van der Waals surface area contributed by atoms with Gasteiger partial charge in [0.1, 0.15) is 18.2 Å². The van der Waals surface area contributed by atoms with E-state index in [1.54, 1.807) is 13.1 Å². The van der Waals surface area contributed by atoms with Crippen LogP contribution >= 0.6 is 0 Å². The summed E-state index contributed by atoms with van der Waals surface area (Å²) in [6.45, 7) is 2.19. The lowest BCUT2D eigenvalue weighted by Crippen LogP contribution is -2.52. The number of esters is 1. The molecule has 180 valence electrons. The molecule has 0 saturated carbocycles. The van der Waals surface area contributed by atoms with Crippen LogP contribution in [0.3, 0.4) is 0 Å². The third kappa shape index (κ3) is 5.13. The van der Waals surface area contributed by atoms with Gasteiger partial charge in [0.25, 0.3) is 0 Å². The molecule has 9 nitrogen and oxygen atoms in total. The Hall–Kier alpha value is -3.62. The highest BCUT2D eigenvalue weighted by Gasteiger charge is 2.43. The molecule has 0 spiro atoms. The number of fused-ring (bicyclic) bond motifs is 3. The Bertz CT molecular complexity index is 1100. The SMILES string of the molecule is CC[C@@H]1NC(=O)OCCC/C=C/c2ccc3ccnc(c3c2)O[C@@H]2C[C@@H](C(=O)OC)N(C2)C1=O. The van der Waals surface area contributed by atoms with Crippen molar-refractivity contribution in [1.29, 1.82) is 0 Å². The quantitative estimate of drug-likeness (QED) is 0.677. The standard InChI is InChI=1S/C25H29N3O6/c1-3-20-23(29)28-15-18(14-21(28)24(30)32-2)34-22-19-13-16(8-9-17(19)10-11-26-22)7-5-4-6-12-33-25(31)27-20/h5,7-11,13,18,20-21H,3-4,6,12,14-15H2,1-2H3,(H,27,31)/b7-5+/t18-,20+,21+/m1/s1. The van der Waals surface area contributed by atoms with Crippen LogP contribution in [0, 0.1) is 0 Å². The Kier molecular flexibility index (Phi) is 7.30. The van der Waals surface area contributed by atoms with E-state index in [1.165, 1.54) is 12.0 Å². The van der Waals surface area contributed by atoms with Crippen molar-refractivity contribution >= 4 is 34.8 Å². The van der Waals surface area contributed by atoms with E-state index in [0.717, 1.165) is 22.8 Å². The fourth-order valence-corrected chi connectivity index (χ4v) is 4.31. The van der Waals surface area contributed by atoms with Crippen LogP contribution in [0.5, 0.6) is 5.88 Å². The first-order valence-corrected chi connectivity index (χ1v) is 11.5. The first-order valence-electron chi connectivity index (χ1n) is 11.5. The van der Waals surface area contributed by atoms with E-state index >= 15 is 0 Å². The molecular weight excluding hydrogens is 438 g/mol. The molecule has 3 atom stereocenters. The van der Waals surface area contributed by atoms with Crippen molar-refractivity contribution in [2.24, 2.45) is 0 Å². The highest BCUT2D eigenvalue weighted by atomic mass is 16.5. The number of hydrogen-bond acceptors (Lipinski definition) is 7. The molecule has 2 amide bonds. The molecular formula is C25H29N3O6. The van der Waals surface area contributed by atoms with E-state index in [4.69, 9.17) is 14.2 Å². The monoisotopic (exact) mass is 467 g/mol. The predicted octanol–water partition coefficient (Wildman–Crippen LogP) is 3.07. The first-order chi connectivity index (χ1) is 16.5. The lowest BCUT2D eigenvalue weighted by atomic mass is 10.1. The summed E-state index contributed by atoms with van der Waals surface area (Å²) in [5, 5.41) is 4.46. The second-order valence-corrected chi connectivity index (χ2v) is 8.39. The summed E-state index contributed by atoms with van der Waals surface area (Å²) in [5.41, 5.74) is 0.992. The molecule has 3 heterocycles. The number of allylic oxidation sites excluding steroid dienone is 1. The number of alkyl carbamates (subject to hydrolysis) is 1. The molecule has 34 heavy (non-hydrogen) atoms. The minimum Gasteiger partial charge on any atom is -0.472 e. The van der Waals surface area contributed by atoms with E-state index in [-0.39, 0.29) is 25.5 Å². The summed E-state index contributed by atoms with van der Waals surface area (Å²) in [5.74, 6) is -0.454. The summed E-state index contributed by atoms with van der Waals surface area (Å²) in [6.07, 6.45) is 6.58. The smallest absolute Gasteiger partial charge is 0.407 e. The molecule has 0 radical (unpaired) electrons. The second kappa shape index (κ2) is 10.5. The zero-order valence-electron chi connectivity index (χ0n) is 19.4. The van der Waals surface area contributed by atoms with Crippen LogP contribution < -0.4 is 10.1 Å². The van der Waals surface area contributed by atoms with Gasteiger partial charge in [-0.15, -0.1) is 0 Å². The summed E-state index contributed by atoms with van der Waals surface area (Å²) in [4.78, 5) is 43.9. The number of pyridine rings is 1. The van der Waals surface area contributed by atoms with Crippen LogP contribution in [0.2, 0.25) is 0 Å². The number of carbonyl (C=O) groups is 3. The van der Waals surface area contributed by atoms with Crippen LogP contribution in [0.15, 0.2) is 36.5 Å². The number of aromatic nitrogens is 1. The zero-order chi connectivity index (χ0) is 24.1. The number of benzene rings is 1. The molecule has 0 unspecified atom stereocenters. The Balaban J connectivity index is 1.69. The third-order valence-corrected chi connectivity index (χ3v) is 6.11. The summed E-state index contributed by atoms with van der Waals surface area (Å²) in [6, 6.07) is 6.29. The van der Waals surface area contributed by atoms with Crippen LogP contribution in [0.1, 0.15) is 38.2 Å². The van der Waals surface area contributed by atoms with E-state index in [1.807, 2.05) is 36.4 Å². The van der Waals surface area contributed by atoms with E-state index in [2.05, 4.69) is 10.3 Å². The Morgan fingerprint density at radius 1 is 1.29 bits per heavy atom. The minimum atomic E-state index is -0.824. The van der Waals surface area contributed by atoms with Gasteiger partial charge in [-0.1, -0.05) is 31.2 Å². The highest BCUT2D eigenvalue weighted by molar-refractivity contribution is 5.91. The molecule has 9 heteroatoms. The molecule has 1 fully saturated rings. The minimum absolute atomic E-state index is 0.170. The van der Waals surface area contributed by atoms with Gasteiger partial charge in [-0.3, -0.25) is 4.79 Å². The van der Waals surface area contributed by atoms with Crippen LogP contribution in [-0.4, -0.2) is 66.3 Å². The van der Waals surface area contributed by atoms with Gasteiger partial charge in [0, 0.05) is 18.0 Å². The molecule has 4 rings (SSSR count). The van der Waals surface area contributed by atoms with Gasteiger partial charge < -0.3 is 24.4 Å². The van der Waals surface area contributed by atoms with Crippen molar-refractivity contribution < 1.29 is 28.6 Å². The van der Waals surface area contributed by atoms with Crippen molar-refractivity contribution in [3.63, 3.8) is 0 Å². The highest BCUT2D eigenvalue weighted by Crippen LogP contribution is 2.29. The molecule has 1 N–H and O–H groups in total. The van der Waals surface area contributed by atoms with E-state index < -0.39 is 30.3 Å². The van der Waals surface area contributed by atoms with Crippen molar-refractivity contribution in [3.8, 4) is 5.88 Å². The largest absolute Gasteiger partial charge is 0.472 e. The fourth-order valence-electron chi connectivity index (χ4n) is 4.31. The van der Waals surface area contributed by atoms with Gasteiger partial charge in [-0.2, -0.15) is 0 Å². The maximum atomic E-state index is 13.3. The molecule has 1 saturated heterocycles. The topological polar surface area (TPSA) is 107 Å². The lowest BCUT2D eigenvalue weighted by Gasteiger charge is -2.27. The van der Waals surface area contributed by atoms with Crippen molar-refractivity contribution in [3.05, 3.63) is 42.1 Å². The fraction of sp³-hybridized carbons (Fsp3) is 0.440. The number of hydrogen-bond donors (Lipinski definition) is 1. The zero-order valence-corrected chi connectivity index (χ0v) is 19.4. The van der Waals surface area contributed by atoms with Gasteiger partial charge in [0.05, 0.1) is 20.3 Å². The number of methoxy groups -OCH3 is 1. The number of nitrogens with one attached hydrogen (secondary N) is 1. The maximum Gasteiger partial charge on any atom is 0.407 e. The van der Waals surface area contributed by atoms with Gasteiger partial charge >= 0.3 is 12.1 Å². The number of cyclic esters (lactones) is 1. The van der Waals surface area contributed by atoms with Crippen molar-refractivity contribution in [2.75, 3.05) is 20.3 Å². The van der Waals surface area contributed by atoms with Gasteiger partial charge in [-0.05, 0) is 42.3 Å². The van der Waals surface area contributed by atoms with E-state index in [9.17, 15) is 14.4 Å². The normalized spacial score (nSPS) is 24.5. The number of carbonyl (C=O) groups excluding carboxylic acids is 3. The molecule has 1 aromatic heterocycles. The number of rotatable bonds is 2. The molecule has 4 bridgehead atoms. The first kappa shape index (κ1) is 23.5. The predicted molar refractivity (Wildman–Crippen MR) is 125 cm³/mol. The van der Waals surface area contributed by atoms with Crippen LogP contribution in [0.25, 0.3) is 16.8 Å². The average Bonchev–Trinajstić information content (AvgIpc) is 3.27. The Morgan fingerprint density at radius 2 is 2.15 bits per heavy atom. The average molecular weight is 468 g/mol. The van der Waals surface area contributed by atoms with Crippen molar-refractivity contribution in [2.45, 2.75) is 50.8 Å². The van der Waals surface area contributed by atoms with E-state index in [0.29, 0.717) is 18.7 Å². The maximum absolute atomic E-state index is 13.3. The Morgan fingerprint density at radius 3 is 2.94 bits per heavy atom. The summed E-state index contributed by atoms with van der Waals surface area (Å²) >= 11 is 0. The molecule has 1 aromatic carbocycles. The van der Waals surface area contributed by atoms with Gasteiger partial charge in [-0.25, -0.2) is 14.6 Å². The third-order valence-electron chi connectivity index (χ3n) is 6.11. The number of amides is 2. The van der Waals surface area contributed by atoms with Crippen LogP contribution in [0.4, 0.5) is 4.79 Å². The van der Waals surface area contributed by atoms with Crippen LogP contribution in [-0.2, 0) is 19.1 Å². The molecule has 2 aliphatic heterocycles. The molecule has 0 aliphatic carbocycles. The molecule has 2 aliphatic rings. The number of ether oxygens (including phenoxy) is 3. The second-order valence-electron chi connectivity index (χ2n) is 8.39. The van der Waals surface area contributed by atoms with Gasteiger partial charge in [0.2, 0.25) is 11.8 Å². The lowest BCUT2D eigenvalue weighted by molar-refractivity contribution is -0.151.